The van der Waals surface area contributed by atoms with Gasteiger partial charge in [-0.1, -0.05) is 23.4 Å². The van der Waals surface area contributed by atoms with Gasteiger partial charge in [-0.2, -0.15) is 4.98 Å². The van der Waals surface area contributed by atoms with Crippen LogP contribution in [0, 0.1) is 6.92 Å². The summed E-state index contributed by atoms with van der Waals surface area (Å²) >= 11 is 0. The molecule has 22 heavy (non-hydrogen) atoms. The number of aryl methyl sites for hydroxylation is 1. The maximum atomic E-state index is 5.28. The standard InChI is InChI=1S/C17H21N3O2/c1-12(17-18-13(2)19-22-17)20-10-8-15(9-11-20)14-4-6-16(21-3)7-5-14/h4-8,12H,9-11H2,1-3H3/t12-/m1/s1. The maximum absolute atomic E-state index is 5.28. The summed E-state index contributed by atoms with van der Waals surface area (Å²) in [5.41, 5.74) is 2.65. The highest BCUT2D eigenvalue weighted by molar-refractivity contribution is 5.67. The minimum Gasteiger partial charge on any atom is -0.497 e. The van der Waals surface area contributed by atoms with Gasteiger partial charge in [0.25, 0.3) is 0 Å². The predicted molar refractivity (Wildman–Crippen MR) is 84.6 cm³/mol. The van der Waals surface area contributed by atoms with E-state index in [-0.39, 0.29) is 6.04 Å². The molecule has 1 aromatic heterocycles. The lowest BCUT2D eigenvalue weighted by Gasteiger charge is -2.29. The van der Waals surface area contributed by atoms with Crippen molar-refractivity contribution in [1.82, 2.24) is 15.0 Å². The molecule has 2 heterocycles. The molecule has 1 aliphatic rings. The minimum absolute atomic E-state index is 0.148. The van der Waals surface area contributed by atoms with Gasteiger partial charge in [0.15, 0.2) is 5.82 Å². The van der Waals surface area contributed by atoms with Crippen molar-refractivity contribution in [2.24, 2.45) is 0 Å². The van der Waals surface area contributed by atoms with Crippen LogP contribution in [0.1, 0.15) is 36.7 Å². The van der Waals surface area contributed by atoms with Gasteiger partial charge < -0.3 is 9.26 Å². The molecule has 5 nitrogen and oxygen atoms in total. The highest BCUT2D eigenvalue weighted by Gasteiger charge is 2.23. The van der Waals surface area contributed by atoms with Gasteiger partial charge in [-0.3, -0.25) is 4.90 Å². The molecule has 0 bridgehead atoms. The quantitative estimate of drug-likeness (QED) is 0.867. The van der Waals surface area contributed by atoms with Gasteiger partial charge in [-0.15, -0.1) is 0 Å². The topological polar surface area (TPSA) is 51.4 Å². The molecule has 116 valence electrons. The van der Waals surface area contributed by atoms with Crippen LogP contribution in [-0.4, -0.2) is 35.2 Å². The zero-order chi connectivity index (χ0) is 15.5. The van der Waals surface area contributed by atoms with Crippen molar-refractivity contribution in [3.63, 3.8) is 0 Å². The number of ether oxygens (including phenoxy) is 1. The summed E-state index contributed by atoms with van der Waals surface area (Å²) in [6.45, 7) is 5.83. The average Bonchev–Trinajstić information content (AvgIpc) is 3.01. The van der Waals surface area contributed by atoms with Crippen LogP contribution in [0.15, 0.2) is 34.9 Å². The van der Waals surface area contributed by atoms with E-state index in [1.165, 1.54) is 11.1 Å². The fourth-order valence-corrected chi connectivity index (χ4v) is 2.74. The van der Waals surface area contributed by atoms with Crippen LogP contribution >= 0.6 is 0 Å². The number of methoxy groups -OCH3 is 1. The van der Waals surface area contributed by atoms with Gasteiger partial charge in [-0.25, -0.2) is 0 Å². The van der Waals surface area contributed by atoms with E-state index >= 15 is 0 Å². The lowest BCUT2D eigenvalue weighted by molar-refractivity contribution is 0.189. The lowest BCUT2D eigenvalue weighted by Crippen LogP contribution is -2.31. The van der Waals surface area contributed by atoms with Crippen LogP contribution in [0.25, 0.3) is 5.57 Å². The number of benzene rings is 1. The van der Waals surface area contributed by atoms with E-state index in [4.69, 9.17) is 9.26 Å². The summed E-state index contributed by atoms with van der Waals surface area (Å²) in [5.74, 6) is 2.27. The van der Waals surface area contributed by atoms with Gasteiger partial charge in [0, 0.05) is 13.1 Å². The SMILES string of the molecule is COc1ccc(C2=CCN([C@H](C)c3nc(C)no3)CC2)cc1. The molecule has 1 aromatic carbocycles. The number of hydrogen-bond donors (Lipinski definition) is 0. The summed E-state index contributed by atoms with van der Waals surface area (Å²) in [6, 6.07) is 8.39. The number of aromatic nitrogens is 2. The van der Waals surface area contributed by atoms with Crippen LogP contribution in [-0.2, 0) is 0 Å². The molecular formula is C17H21N3O2. The van der Waals surface area contributed by atoms with Crippen LogP contribution in [0.5, 0.6) is 5.75 Å². The molecule has 0 N–H and O–H groups in total. The summed E-state index contributed by atoms with van der Waals surface area (Å²) < 4.78 is 10.5. The maximum Gasteiger partial charge on any atom is 0.243 e. The second kappa shape index (κ2) is 6.32. The highest BCUT2D eigenvalue weighted by atomic mass is 16.5. The zero-order valence-corrected chi connectivity index (χ0v) is 13.2. The van der Waals surface area contributed by atoms with E-state index in [2.05, 4.69) is 40.2 Å². The summed E-state index contributed by atoms with van der Waals surface area (Å²) in [7, 11) is 1.69. The van der Waals surface area contributed by atoms with Crippen molar-refractivity contribution in [3.8, 4) is 5.75 Å². The molecule has 0 aliphatic carbocycles. The first-order valence-electron chi connectivity index (χ1n) is 7.55. The third-order valence-corrected chi connectivity index (χ3v) is 4.15. The fourth-order valence-electron chi connectivity index (χ4n) is 2.74. The van der Waals surface area contributed by atoms with E-state index in [1.54, 1.807) is 7.11 Å². The van der Waals surface area contributed by atoms with Gasteiger partial charge in [0.05, 0.1) is 13.2 Å². The zero-order valence-electron chi connectivity index (χ0n) is 13.2. The molecule has 0 amide bonds. The Morgan fingerprint density at radius 3 is 2.59 bits per heavy atom. The van der Waals surface area contributed by atoms with Gasteiger partial charge in [-0.05, 0) is 43.5 Å². The van der Waals surface area contributed by atoms with Crippen LogP contribution in [0.2, 0.25) is 0 Å². The van der Waals surface area contributed by atoms with Gasteiger partial charge >= 0.3 is 0 Å². The molecule has 0 fully saturated rings. The second-order valence-corrected chi connectivity index (χ2v) is 5.56. The number of nitrogens with zero attached hydrogens (tertiary/aromatic N) is 3. The molecule has 3 rings (SSSR count). The Morgan fingerprint density at radius 1 is 1.27 bits per heavy atom. The van der Waals surface area contributed by atoms with E-state index in [0.29, 0.717) is 11.7 Å². The molecule has 1 atom stereocenters. The summed E-state index contributed by atoms with van der Waals surface area (Å²) in [6.07, 6.45) is 3.30. The third kappa shape index (κ3) is 3.04. The van der Waals surface area contributed by atoms with E-state index in [9.17, 15) is 0 Å². The van der Waals surface area contributed by atoms with Crippen molar-refractivity contribution in [2.45, 2.75) is 26.3 Å². The first kappa shape index (κ1) is 14.8. The molecule has 0 radical (unpaired) electrons. The van der Waals surface area contributed by atoms with Crippen LogP contribution in [0.3, 0.4) is 0 Å². The molecule has 0 unspecified atom stereocenters. The Kier molecular flexibility index (Phi) is 4.24. The van der Waals surface area contributed by atoms with E-state index in [0.717, 1.165) is 25.3 Å². The molecule has 1 aliphatic heterocycles. The highest BCUT2D eigenvalue weighted by Crippen LogP contribution is 2.28. The number of rotatable bonds is 4. The predicted octanol–water partition coefficient (Wildman–Crippen LogP) is 3.24. The monoisotopic (exact) mass is 299 g/mol. The molecule has 2 aromatic rings. The third-order valence-electron chi connectivity index (χ3n) is 4.15. The Hall–Kier alpha value is -2.14. The average molecular weight is 299 g/mol. The minimum atomic E-state index is 0.148. The molecule has 0 spiro atoms. The Morgan fingerprint density at radius 2 is 2.05 bits per heavy atom. The number of hydrogen-bond acceptors (Lipinski definition) is 5. The first-order chi connectivity index (χ1) is 10.7. The summed E-state index contributed by atoms with van der Waals surface area (Å²) in [4.78, 5) is 6.68. The van der Waals surface area contributed by atoms with E-state index < -0.39 is 0 Å². The van der Waals surface area contributed by atoms with Crippen LogP contribution in [0.4, 0.5) is 0 Å². The van der Waals surface area contributed by atoms with Crippen molar-refractivity contribution in [2.75, 3.05) is 20.2 Å². The van der Waals surface area contributed by atoms with Crippen molar-refractivity contribution in [1.29, 1.82) is 0 Å². The Labute approximate surface area is 130 Å². The first-order valence-corrected chi connectivity index (χ1v) is 7.55. The van der Waals surface area contributed by atoms with Crippen molar-refractivity contribution < 1.29 is 9.26 Å². The molecule has 0 saturated carbocycles. The van der Waals surface area contributed by atoms with Gasteiger partial charge in [0.1, 0.15) is 5.75 Å². The Bertz CT molecular complexity index is 661. The normalized spacial score (nSPS) is 17.1. The molecule has 5 heteroatoms. The van der Waals surface area contributed by atoms with Crippen molar-refractivity contribution in [3.05, 3.63) is 47.6 Å². The fraction of sp³-hybridized carbons (Fsp3) is 0.412. The van der Waals surface area contributed by atoms with E-state index in [1.807, 2.05) is 19.1 Å². The molecular weight excluding hydrogens is 278 g/mol. The molecule has 0 saturated heterocycles. The Balaban J connectivity index is 1.68. The lowest BCUT2D eigenvalue weighted by atomic mass is 9.98. The van der Waals surface area contributed by atoms with Crippen molar-refractivity contribution >= 4 is 5.57 Å². The van der Waals surface area contributed by atoms with Crippen LogP contribution < -0.4 is 4.74 Å². The van der Waals surface area contributed by atoms with Gasteiger partial charge in [0.2, 0.25) is 5.89 Å². The largest absolute Gasteiger partial charge is 0.497 e. The smallest absolute Gasteiger partial charge is 0.243 e. The summed E-state index contributed by atoms with van der Waals surface area (Å²) in [5, 5.41) is 3.87. The second-order valence-electron chi connectivity index (χ2n) is 5.56.